The van der Waals surface area contributed by atoms with Crippen molar-refractivity contribution in [1.82, 2.24) is 9.38 Å². The van der Waals surface area contributed by atoms with Gasteiger partial charge in [-0.05, 0) is 59.6 Å². The summed E-state index contributed by atoms with van der Waals surface area (Å²) in [6.45, 7) is 11.2. The van der Waals surface area contributed by atoms with Crippen LogP contribution in [0.15, 0.2) is 67.0 Å². The van der Waals surface area contributed by atoms with E-state index in [0.717, 1.165) is 28.0 Å². The van der Waals surface area contributed by atoms with E-state index < -0.39 is 8.32 Å². The van der Waals surface area contributed by atoms with Crippen LogP contribution in [-0.4, -0.2) is 17.7 Å². The highest BCUT2D eigenvalue weighted by Crippen LogP contribution is 2.38. The Kier molecular flexibility index (Phi) is 6.01. The molecule has 0 saturated heterocycles. The molecule has 0 bridgehead atoms. The van der Waals surface area contributed by atoms with Gasteiger partial charge in [-0.3, -0.25) is 0 Å². The van der Waals surface area contributed by atoms with E-state index >= 15 is 0 Å². The van der Waals surface area contributed by atoms with Crippen molar-refractivity contribution in [3.05, 3.63) is 83.4 Å². The molecule has 4 rings (SSSR count). The predicted octanol–water partition coefficient (Wildman–Crippen LogP) is 7.98. The van der Waals surface area contributed by atoms with E-state index in [0.29, 0.717) is 10.6 Å². The third kappa shape index (κ3) is 4.51. The van der Waals surface area contributed by atoms with E-state index in [1.165, 1.54) is 6.07 Å². The van der Waals surface area contributed by atoms with E-state index in [4.69, 9.17) is 21.0 Å². The van der Waals surface area contributed by atoms with Crippen LogP contribution in [0.1, 0.15) is 26.3 Å². The third-order valence-electron chi connectivity index (χ3n) is 6.40. The number of halogens is 2. The fourth-order valence-electron chi connectivity index (χ4n) is 3.36. The Morgan fingerprint density at radius 2 is 1.66 bits per heavy atom. The summed E-state index contributed by atoms with van der Waals surface area (Å²) >= 11 is 6.01. The molecule has 0 spiro atoms. The number of pyridine rings is 1. The first-order chi connectivity index (χ1) is 15.0. The minimum Gasteiger partial charge on any atom is -0.412 e. The van der Waals surface area contributed by atoms with Crippen molar-refractivity contribution in [3.63, 3.8) is 0 Å². The Morgan fingerprint density at radius 1 is 0.969 bits per heavy atom. The van der Waals surface area contributed by atoms with Gasteiger partial charge in [0.15, 0.2) is 8.32 Å². The molecule has 0 radical (unpaired) electrons. The average molecular weight is 467 g/mol. The van der Waals surface area contributed by atoms with Crippen molar-refractivity contribution in [2.45, 2.75) is 45.5 Å². The molecule has 2 aromatic heterocycles. The van der Waals surface area contributed by atoms with Crippen LogP contribution in [0, 0.1) is 5.82 Å². The van der Waals surface area contributed by atoms with Crippen LogP contribution in [0.25, 0.3) is 28.0 Å². The summed E-state index contributed by atoms with van der Waals surface area (Å²) < 4.78 is 23.2. The van der Waals surface area contributed by atoms with Gasteiger partial charge >= 0.3 is 0 Å². The quantitative estimate of drug-likeness (QED) is 0.278. The summed E-state index contributed by atoms with van der Waals surface area (Å²) in [5, 5.41) is 0.755. The number of rotatable bonds is 5. The van der Waals surface area contributed by atoms with Gasteiger partial charge in [0.1, 0.15) is 11.5 Å². The van der Waals surface area contributed by atoms with Gasteiger partial charge in [0, 0.05) is 28.5 Å². The fraction of sp³-hybridized carbons (Fsp3) is 0.269. The summed E-state index contributed by atoms with van der Waals surface area (Å²) in [7, 11) is -2.01. The van der Waals surface area contributed by atoms with Gasteiger partial charge in [-0.15, -0.1) is 0 Å². The molecule has 2 aromatic carbocycles. The summed E-state index contributed by atoms with van der Waals surface area (Å²) in [4.78, 5) is 4.71. The Bertz CT molecular complexity index is 1260. The largest absolute Gasteiger partial charge is 0.412 e. The highest BCUT2D eigenvalue weighted by molar-refractivity contribution is 6.74. The minimum absolute atomic E-state index is 0.0617. The first-order valence-electron chi connectivity index (χ1n) is 10.7. The molecule has 32 heavy (non-hydrogen) atoms. The van der Waals surface area contributed by atoms with E-state index in [2.05, 4.69) is 33.9 Å². The maximum absolute atomic E-state index is 14.9. The summed E-state index contributed by atoms with van der Waals surface area (Å²) in [6.07, 6.45) is 3.97. The summed E-state index contributed by atoms with van der Waals surface area (Å²) in [5.74, 6) is -0.242. The van der Waals surface area contributed by atoms with Gasteiger partial charge in [-0.1, -0.05) is 56.6 Å². The van der Waals surface area contributed by atoms with Crippen LogP contribution < -0.4 is 0 Å². The molecule has 0 atom stereocenters. The molecule has 0 unspecified atom stereocenters. The van der Waals surface area contributed by atoms with E-state index in [1.54, 1.807) is 6.07 Å². The molecule has 0 aliphatic carbocycles. The van der Waals surface area contributed by atoms with Crippen LogP contribution in [-0.2, 0) is 11.0 Å². The second-order valence-electron chi connectivity index (χ2n) is 9.63. The highest BCUT2D eigenvalue weighted by atomic mass is 35.5. The lowest BCUT2D eigenvalue weighted by atomic mass is 10.0. The van der Waals surface area contributed by atoms with E-state index in [1.807, 2.05) is 59.3 Å². The Hall–Kier alpha value is -2.47. The van der Waals surface area contributed by atoms with Gasteiger partial charge in [0.2, 0.25) is 0 Å². The van der Waals surface area contributed by atoms with Gasteiger partial charge in [-0.2, -0.15) is 0 Å². The lowest BCUT2D eigenvalue weighted by Gasteiger charge is -2.36. The van der Waals surface area contributed by atoms with Crippen LogP contribution in [0.3, 0.4) is 0 Å². The number of aromatic nitrogens is 2. The fourth-order valence-corrected chi connectivity index (χ4v) is 4.42. The van der Waals surface area contributed by atoms with Gasteiger partial charge in [-0.25, -0.2) is 9.37 Å². The van der Waals surface area contributed by atoms with Crippen molar-refractivity contribution in [1.29, 1.82) is 0 Å². The van der Waals surface area contributed by atoms with Crippen LogP contribution in [0.2, 0.25) is 23.2 Å². The van der Waals surface area contributed by atoms with Crippen molar-refractivity contribution in [3.8, 4) is 22.4 Å². The smallest absolute Gasteiger partial charge is 0.192 e. The van der Waals surface area contributed by atoms with Gasteiger partial charge in [0.25, 0.3) is 0 Å². The van der Waals surface area contributed by atoms with Gasteiger partial charge in [0.05, 0.1) is 12.3 Å². The number of hydrogen-bond acceptors (Lipinski definition) is 2. The molecule has 0 saturated carbocycles. The Labute approximate surface area is 195 Å². The topological polar surface area (TPSA) is 26.5 Å². The molecule has 4 aromatic rings. The first kappa shape index (κ1) is 22.7. The third-order valence-corrected chi connectivity index (χ3v) is 11.1. The van der Waals surface area contributed by atoms with Gasteiger partial charge < -0.3 is 8.83 Å². The maximum Gasteiger partial charge on any atom is 0.192 e. The number of hydrogen-bond donors (Lipinski definition) is 0. The van der Waals surface area contributed by atoms with Crippen molar-refractivity contribution < 1.29 is 8.82 Å². The molecule has 2 heterocycles. The molecular formula is C26H28ClFN2OSi. The second kappa shape index (κ2) is 8.47. The number of imidazole rings is 1. The normalized spacial score (nSPS) is 12.5. The molecule has 0 fully saturated rings. The summed E-state index contributed by atoms with van der Waals surface area (Å²) in [6, 6.07) is 16.8. The highest BCUT2D eigenvalue weighted by Gasteiger charge is 2.37. The van der Waals surface area contributed by atoms with Crippen LogP contribution in [0.5, 0.6) is 0 Å². The van der Waals surface area contributed by atoms with Crippen molar-refractivity contribution in [2.75, 3.05) is 0 Å². The van der Waals surface area contributed by atoms with E-state index in [9.17, 15) is 4.39 Å². The second-order valence-corrected chi connectivity index (χ2v) is 14.9. The van der Waals surface area contributed by atoms with Crippen molar-refractivity contribution >= 4 is 25.6 Å². The molecule has 0 aliphatic heterocycles. The first-order valence-corrected chi connectivity index (χ1v) is 14.0. The lowest BCUT2D eigenvalue weighted by molar-refractivity contribution is 0.271. The predicted molar refractivity (Wildman–Crippen MR) is 133 cm³/mol. The number of benzene rings is 2. The minimum atomic E-state index is -2.01. The Morgan fingerprint density at radius 3 is 2.34 bits per heavy atom. The number of fused-ring (bicyclic) bond motifs is 1. The van der Waals surface area contributed by atoms with E-state index in [-0.39, 0.29) is 17.5 Å². The zero-order chi connectivity index (χ0) is 23.1. The molecule has 3 nitrogen and oxygen atoms in total. The number of nitrogens with zero attached hydrogens (tertiary/aromatic N) is 2. The van der Waals surface area contributed by atoms with Crippen LogP contribution >= 0.6 is 11.6 Å². The Balaban J connectivity index is 1.70. The molecule has 6 heteroatoms. The van der Waals surface area contributed by atoms with Crippen molar-refractivity contribution in [2.24, 2.45) is 0 Å². The molecule has 0 N–H and O–H groups in total. The standard InChI is InChI=1S/C26H28ClFN2OSi/c1-26(2,3)32(4,5)31-17-22-21(7-6-8-23(22)28)19-11-14-25-29-24(16-30(25)15-19)18-9-12-20(27)13-10-18/h6-16H,17H2,1-5H3. The lowest BCUT2D eigenvalue weighted by Crippen LogP contribution is -2.40. The van der Waals surface area contributed by atoms with Crippen LogP contribution in [0.4, 0.5) is 4.39 Å². The molecule has 0 aliphatic rings. The summed E-state index contributed by atoms with van der Waals surface area (Å²) in [5.41, 5.74) is 5.04. The maximum atomic E-state index is 14.9. The molecule has 0 amide bonds. The molecular weight excluding hydrogens is 439 g/mol. The molecule has 166 valence electrons. The zero-order valence-electron chi connectivity index (χ0n) is 19.1. The monoisotopic (exact) mass is 466 g/mol. The SMILES string of the molecule is CC(C)(C)[Si](C)(C)OCc1c(F)cccc1-c1ccc2nc(-c3ccc(Cl)cc3)cn2c1. The average Bonchev–Trinajstić information content (AvgIpc) is 3.15. The zero-order valence-corrected chi connectivity index (χ0v) is 20.9.